The Bertz CT molecular complexity index is 679. The van der Waals surface area contributed by atoms with E-state index < -0.39 is 12.1 Å². The molecule has 120 valence electrons. The summed E-state index contributed by atoms with van der Waals surface area (Å²) in [5.74, 6) is 0. The molecule has 0 amide bonds. The van der Waals surface area contributed by atoms with E-state index >= 15 is 0 Å². The molecule has 0 radical (unpaired) electrons. The number of halogens is 2. The van der Waals surface area contributed by atoms with Crippen molar-refractivity contribution < 1.29 is 10.4 Å². The first-order valence-corrected chi connectivity index (χ1v) is 8.03. The molecule has 6 heteroatoms. The fourth-order valence-corrected chi connectivity index (χ4v) is 3.53. The van der Waals surface area contributed by atoms with Crippen LogP contribution in [-0.2, 0) is 0 Å². The number of rotatable bonds is 2. The Labute approximate surface area is 144 Å². The standard InChI is InChI=1S/C17H16Cl2N2O2/c18-14-7-3-1-5-12(14)16-9-11(20-22)10-17(21(16)23)13-6-2-4-8-15(13)19/h1-8,16-17,22-23H,9-10H2/t16-,17+. The van der Waals surface area contributed by atoms with Crippen LogP contribution in [0.2, 0.25) is 10.0 Å². The Kier molecular flexibility index (Phi) is 4.87. The van der Waals surface area contributed by atoms with Crippen LogP contribution in [0.4, 0.5) is 0 Å². The van der Waals surface area contributed by atoms with Gasteiger partial charge in [-0.1, -0.05) is 64.8 Å². The maximum atomic E-state index is 10.8. The van der Waals surface area contributed by atoms with Gasteiger partial charge in [0.15, 0.2) is 0 Å². The smallest absolute Gasteiger partial charge is 0.0674 e. The number of hydroxylamine groups is 2. The molecule has 1 aliphatic heterocycles. The Morgan fingerprint density at radius 2 is 1.30 bits per heavy atom. The molecule has 2 N–H and O–H groups in total. The zero-order valence-corrected chi connectivity index (χ0v) is 13.7. The third-order valence-electron chi connectivity index (χ3n) is 4.17. The highest BCUT2D eigenvalue weighted by Crippen LogP contribution is 2.42. The Balaban J connectivity index is 2.02. The minimum atomic E-state index is -0.398. The van der Waals surface area contributed by atoms with Gasteiger partial charge in [0, 0.05) is 22.9 Å². The van der Waals surface area contributed by atoms with Gasteiger partial charge in [-0.2, -0.15) is 5.06 Å². The van der Waals surface area contributed by atoms with Crippen LogP contribution >= 0.6 is 23.2 Å². The van der Waals surface area contributed by atoms with Crippen LogP contribution in [0.25, 0.3) is 0 Å². The van der Waals surface area contributed by atoms with Crippen LogP contribution in [0.15, 0.2) is 53.7 Å². The predicted molar refractivity (Wildman–Crippen MR) is 90.5 cm³/mol. The molecular weight excluding hydrogens is 335 g/mol. The topological polar surface area (TPSA) is 56.1 Å². The molecule has 1 aliphatic rings. The Morgan fingerprint density at radius 3 is 1.70 bits per heavy atom. The summed E-state index contributed by atoms with van der Waals surface area (Å²) in [5, 5.41) is 25.8. The minimum absolute atomic E-state index is 0.398. The van der Waals surface area contributed by atoms with Crippen molar-refractivity contribution in [2.24, 2.45) is 5.16 Å². The van der Waals surface area contributed by atoms with Gasteiger partial charge >= 0.3 is 0 Å². The van der Waals surface area contributed by atoms with Crippen LogP contribution in [0.5, 0.6) is 0 Å². The first-order valence-electron chi connectivity index (χ1n) is 7.27. The molecule has 2 aromatic rings. The van der Waals surface area contributed by atoms with E-state index in [4.69, 9.17) is 23.2 Å². The van der Waals surface area contributed by atoms with Crippen LogP contribution in [-0.4, -0.2) is 21.2 Å². The molecule has 0 bridgehead atoms. The maximum absolute atomic E-state index is 10.8. The average molecular weight is 351 g/mol. The summed E-state index contributed by atoms with van der Waals surface area (Å²) in [6, 6.07) is 13.9. The molecule has 4 nitrogen and oxygen atoms in total. The average Bonchev–Trinajstić information content (AvgIpc) is 2.57. The highest BCUT2D eigenvalue weighted by Gasteiger charge is 2.36. The summed E-state index contributed by atoms with van der Waals surface area (Å²) in [7, 11) is 0. The zero-order valence-electron chi connectivity index (χ0n) is 12.2. The van der Waals surface area contributed by atoms with E-state index in [0.29, 0.717) is 28.6 Å². The lowest BCUT2D eigenvalue weighted by atomic mass is 9.88. The van der Waals surface area contributed by atoms with Crippen LogP contribution in [0, 0.1) is 0 Å². The van der Waals surface area contributed by atoms with Crippen molar-refractivity contribution in [1.82, 2.24) is 5.06 Å². The van der Waals surface area contributed by atoms with E-state index in [1.54, 1.807) is 12.1 Å². The third kappa shape index (κ3) is 3.21. The zero-order chi connectivity index (χ0) is 16.4. The third-order valence-corrected chi connectivity index (χ3v) is 4.85. The SMILES string of the molecule is ON=C1C[C@H](c2ccccc2Cl)N(O)[C@H](c2ccccc2Cl)C1. The Morgan fingerprint density at radius 1 is 0.870 bits per heavy atom. The maximum Gasteiger partial charge on any atom is 0.0674 e. The quantitative estimate of drug-likeness (QED) is 0.585. The van der Waals surface area contributed by atoms with Crippen molar-refractivity contribution in [1.29, 1.82) is 0 Å². The first kappa shape index (κ1) is 16.3. The molecule has 1 saturated heterocycles. The lowest BCUT2D eigenvalue weighted by Crippen LogP contribution is -2.37. The van der Waals surface area contributed by atoms with E-state index in [9.17, 15) is 10.4 Å². The van der Waals surface area contributed by atoms with Crippen molar-refractivity contribution in [3.8, 4) is 0 Å². The van der Waals surface area contributed by atoms with Crippen LogP contribution < -0.4 is 0 Å². The van der Waals surface area contributed by atoms with E-state index in [0.717, 1.165) is 11.1 Å². The molecular formula is C17H16Cl2N2O2. The summed E-state index contributed by atoms with van der Waals surface area (Å²) >= 11 is 12.5. The van der Waals surface area contributed by atoms with E-state index in [1.165, 1.54) is 5.06 Å². The van der Waals surface area contributed by atoms with Crippen molar-refractivity contribution in [2.75, 3.05) is 0 Å². The van der Waals surface area contributed by atoms with Gasteiger partial charge in [0.05, 0.1) is 17.8 Å². The summed E-state index contributed by atoms with van der Waals surface area (Å²) in [5.41, 5.74) is 2.18. The lowest BCUT2D eigenvalue weighted by Gasteiger charge is -2.38. The van der Waals surface area contributed by atoms with Crippen molar-refractivity contribution in [3.63, 3.8) is 0 Å². The highest BCUT2D eigenvalue weighted by molar-refractivity contribution is 6.31. The molecule has 23 heavy (non-hydrogen) atoms. The van der Waals surface area contributed by atoms with Gasteiger partial charge in [0.1, 0.15) is 0 Å². The van der Waals surface area contributed by atoms with Crippen LogP contribution in [0.3, 0.4) is 0 Å². The normalized spacial score (nSPS) is 24.0. The van der Waals surface area contributed by atoms with Gasteiger partial charge in [-0.3, -0.25) is 0 Å². The number of piperidine rings is 1. The molecule has 0 saturated carbocycles. The highest BCUT2D eigenvalue weighted by atomic mass is 35.5. The second kappa shape index (κ2) is 6.89. The lowest BCUT2D eigenvalue weighted by molar-refractivity contribution is -0.167. The molecule has 0 unspecified atom stereocenters. The molecule has 0 spiro atoms. The van der Waals surface area contributed by atoms with E-state index in [1.807, 2.05) is 36.4 Å². The molecule has 2 atom stereocenters. The first-order chi connectivity index (χ1) is 11.1. The monoisotopic (exact) mass is 350 g/mol. The largest absolute Gasteiger partial charge is 0.411 e. The summed E-state index contributed by atoms with van der Waals surface area (Å²) in [6.45, 7) is 0. The Hall–Kier alpha value is -1.59. The van der Waals surface area contributed by atoms with Gasteiger partial charge in [-0.05, 0) is 23.3 Å². The van der Waals surface area contributed by atoms with Gasteiger partial charge in [0.25, 0.3) is 0 Å². The van der Waals surface area contributed by atoms with E-state index in [2.05, 4.69) is 5.16 Å². The molecule has 3 rings (SSSR count). The summed E-state index contributed by atoms with van der Waals surface area (Å²) < 4.78 is 0. The number of oxime groups is 1. The molecule has 0 aromatic heterocycles. The van der Waals surface area contributed by atoms with Crippen molar-refractivity contribution in [3.05, 3.63) is 69.7 Å². The number of nitrogens with zero attached hydrogens (tertiary/aromatic N) is 2. The predicted octanol–water partition coefficient (Wildman–Crippen LogP) is 5.09. The second-order valence-electron chi connectivity index (χ2n) is 5.53. The number of hydrogen-bond acceptors (Lipinski definition) is 4. The van der Waals surface area contributed by atoms with E-state index in [-0.39, 0.29) is 0 Å². The van der Waals surface area contributed by atoms with Gasteiger partial charge in [-0.25, -0.2) is 0 Å². The van der Waals surface area contributed by atoms with Crippen molar-refractivity contribution in [2.45, 2.75) is 24.9 Å². The van der Waals surface area contributed by atoms with Gasteiger partial charge < -0.3 is 10.4 Å². The molecule has 1 heterocycles. The van der Waals surface area contributed by atoms with Crippen molar-refractivity contribution >= 4 is 28.9 Å². The summed E-state index contributed by atoms with van der Waals surface area (Å²) in [6.07, 6.45) is 0.801. The fourth-order valence-electron chi connectivity index (χ4n) is 3.01. The summed E-state index contributed by atoms with van der Waals surface area (Å²) in [4.78, 5) is 0. The second-order valence-corrected chi connectivity index (χ2v) is 6.34. The fraction of sp³-hybridized carbons (Fsp3) is 0.235. The molecule has 1 fully saturated rings. The van der Waals surface area contributed by atoms with Crippen LogP contribution in [0.1, 0.15) is 36.1 Å². The number of benzene rings is 2. The van der Waals surface area contributed by atoms with Gasteiger partial charge in [0.2, 0.25) is 0 Å². The van der Waals surface area contributed by atoms with Gasteiger partial charge in [-0.15, -0.1) is 0 Å². The minimum Gasteiger partial charge on any atom is -0.411 e. The molecule has 2 aromatic carbocycles. The number of hydrogen-bond donors (Lipinski definition) is 2. The molecule has 0 aliphatic carbocycles.